The third-order valence-electron chi connectivity index (χ3n) is 5.69. The summed E-state index contributed by atoms with van der Waals surface area (Å²) in [5.74, 6) is 0.559. The molecule has 2 aromatic rings. The van der Waals surface area contributed by atoms with E-state index in [9.17, 15) is 9.59 Å². The lowest BCUT2D eigenvalue weighted by molar-refractivity contribution is -0.122. The molecule has 5 heteroatoms. The number of hydrogen-bond acceptors (Lipinski definition) is 5. The van der Waals surface area contributed by atoms with Gasteiger partial charge in [0.2, 0.25) is 0 Å². The number of aryl methyl sites for hydroxylation is 1. The third-order valence-corrected chi connectivity index (χ3v) is 5.69. The Balaban J connectivity index is 1.84. The van der Waals surface area contributed by atoms with Crippen LogP contribution in [0.4, 0.5) is 0 Å². The molecule has 0 bridgehead atoms. The lowest BCUT2D eigenvalue weighted by Crippen LogP contribution is -2.39. The Labute approximate surface area is 145 Å². The molecule has 4 rings (SSSR count). The minimum atomic E-state index is -0.731. The smallest absolute Gasteiger partial charge is 0.343 e. The highest BCUT2D eigenvalue weighted by atomic mass is 16.6. The Morgan fingerprint density at radius 3 is 2.56 bits per heavy atom. The summed E-state index contributed by atoms with van der Waals surface area (Å²) in [4.78, 5) is 25.4. The number of Topliss-reactive ketones (excluding diaryl/α,β-unsaturated/α-hetero) is 1. The van der Waals surface area contributed by atoms with Gasteiger partial charge in [-0.1, -0.05) is 19.1 Å². The molecule has 0 amide bonds. The van der Waals surface area contributed by atoms with E-state index < -0.39 is 22.7 Å². The highest BCUT2D eigenvalue weighted by Crippen LogP contribution is 2.49. The van der Waals surface area contributed by atoms with Crippen LogP contribution in [0.3, 0.4) is 0 Å². The Morgan fingerprint density at radius 1 is 1.24 bits per heavy atom. The maximum atomic E-state index is 12.7. The average Bonchev–Trinajstić information content (AvgIpc) is 3.07. The fourth-order valence-corrected chi connectivity index (χ4v) is 3.92. The van der Waals surface area contributed by atoms with Crippen molar-refractivity contribution in [3.8, 4) is 5.75 Å². The molecule has 132 valence electrons. The number of carbonyl (C=O) groups is 1. The van der Waals surface area contributed by atoms with E-state index >= 15 is 0 Å². The van der Waals surface area contributed by atoms with E-state index in [4.69, 9.17) is 13.9 Å². The molecule has 1 fully saturated rings. The summed E-state index contributed by atoms with van der Waals surface area (Å²) < 4.78 is 17.1. The summed E-state index contributed by atoms with van der Waals surface area (Å²) in [6, 6.07) is 5.57. The quantitative estimate of drug-likeness (QED) is 0.632. The van der Waals surface area contributed by atoms with E-state index in [0.717, 1.165) is 10.9 Å². The topological polar surface area (TPSA) is 69.0 Å². The summed E-state index contributed by atoms with van der Waals surface area (Å²) in [6.45, 7) is 9.54. The van der Waals surface area contributed by atoms with Crippen molar-refractivity contribution in [3.63, 3.8) is 0 Å². The second kappa shape index (κ2) is 4.94. The summed E-state index contributed by atoms with van der Waals surface area (Å²) in [5.41, 5.74) is 0.386. The molecule has 3 heterocycles. The number of ketones is 1. The number of rotatable bonds is 3. The van der Waals surface area contributed by atoms with Crippen LogP contribution >= 0.6 is 0 Å². The highest BCUT2D eigenvalue weighted by Gasteiger charge is 2.56. The van der Waals surface area contributed by atoms with Crippen LogP contribution in [0.5, 0.6) is 5.75 Å². The Morgan fingerprint density at radius 2 is 1.92 bits per heavy atom. The average molecular weight is 342 g/mol. The highest BCUT2D eigenvalue weighted by molar-refractivity contribution is 5.91. The van der Waals surface area contributed by atoms with Gasteiger partial charge in [0.05, 0.1) is 16.6 Å². The number of hydrogen-bond donors (Lipinski definition) is 0. The van der Waals surface area contributed by atoms with Crippen LogP contribution < -0.4 is 10.4 Å². The van der Waals surface area contributed by atoms with Crippen molar-refractivity contribution in [3.05, 3.63) is 39.7 Å². The van der Waals surface area contributed by atoms with Crippen LogP contribution in [0.2, 0.25) is 0 Å². The summed E-state index contributed by atoms with van der Waals surface area (Å²) in [6.07, 6.45) is -0.520. The minimum absolute atomic E-state index is 0.0000746. The van der Waals surface area contributed by atoms with Crippen LogP contribution in [0, 0.1) is 6.92 Å². The van der Waals surface area contributed by atoms with E-state index in [0.29, 0.717) is 16.9 Å². The van der Waals surface area contributed by atoms with Gasteiger partial charge in [0, 0.05) is 11.8 Å². The van der Waals surface area contributed by atoms with E-state index in [1.165, 1.54) is 0 Å². The number of fused-ring (bicyclic) bond motifs is 3. The van der Waals surface area contributed by atoms with Gasteiger partial charge in [-0.25, -0.2) is 4.79 Å². The normalized spacial score (nSPS) is 29.3. The van der Waals surface area contributed by atoms with Gasteiger partial charge in [0.15, 0.2) is 5.78 Å². The molecule has 0 unspecified atom stereocenters. The molecule has 3 atom stereocenters. The standard InChI is InChI=1S/C20H22O5/c1-10-7-6-8-13-14(10)16-15(18(22)24-13)20(5,11(2)23-16)9-12(21)17-19(3,4)25-17/h6-8,11,17H,9H2,1-5H3/t11-,17+,20-/m1/s1. The number of carbonyl (C=O) groups excluding carboxylic acids is 1. The van der Waals surface area contributed by atoms with Crippen LogP contribution in [0.1, 0.15) is 45.2 Å². The molecule has 0 aliphatic carbocycles. The summed E-state index contributed by atoms with van der Waals surface area (Å²) in [5, 5.41) is 0.808. The van der Waals surface area contributed by atoms with Gasteiger partial charge in [-0.2, -0.15) is 0 Å². The van der Waals surface area contributed by atoms with Crippen LogP contribution in [-0.2, 0) is 14.9 Å². The fraction of sp³-hybridized carbons (Fsp3) is 0.500. The van der Waals surface area contributed by atoms with Crippen molar-refractivity contribution in [1.82, 2.24) is 0 Å². The third kappa shape index (κ3) is 2.25. The predicted molar refractivity (Wildman–Crippen MR) is 93.2 cm³/mol. The first kappa shape index (κ1) is 16.3. The molecule has 0 spiro atoms. The lowest BCUT2D eigenvalue weighted by Gasteiger charge is -2.26. The molecule has 0 radical (unpaired) electrons. The van der Waals surface area contributed by atoms with Gasteiger partial charge in [-0.15, -0.1) is 0 Å². The zero-order valence-electron chi connectivity index (χ0n) is 15.1. The van der Waals surface area contributed by atoms with E-state index in [1.807, 2.05) is 46.8 Å². The zero-order valence-corrected chi connectivity index (χ0v) is 15.1. The van der Waals surface area contributed by atoms with Crippen molar-refractivity contribution in [2.75, 3.05) is 0 Å². The molecule has 2 aliphatic rings. The van der Waals surface area contributed by atoms with E-state index in [-0.39, 0.29) is 18.3 Å². The Bertz CT molecular complexity index is 954. The van der Waals surface area contributed by atoms with Gasteiger partial charge in [-0.3, -0.25) is 4.79 Å². The summed E-state index contributed by atoms with van der Waals surface area (Å²) >= 11 is 0. The number of benzene rings is 1. The maximum Gasteiger partial charge on any atom is 0.343 e. The minimum Gasteiger partial charge on any atom is -0.488 e. The van der Waals surface area contributed by atoms with E-state index in [2.05, 4.69) is 0 Å². The van der Waals surface area contributed by atoms with Gasteiger partial charge >= 0.3 is 5.63 Å². The molecule has 2 aliphatic heterocycles. The second-order valence-electron chi connectivity index (χ2n) is 7.96. The second-order valence-corrected chi connectivity index (χ2v) is 7.96. The van der Waals surface area contributed by atoms with Crippen LogP contribution in [0.15, 0.2) is 27.4 Å². The van der Waals surface area contributed by atoms with Crippen LogP contribution in [-0.4, -0.2) is 23.6 Å². The molecule has 1 aromatic heterocycles. The van der Waals surface area contributed by atoms with Crippen molar-refractivity contribution < 1.29 is 18.7 Å². The molecular formula is C20H22O5. The van der Waals surface area contributed by atoms with Gasteiger partial charge in [0.25, 0.3) is 0 Å². The lowest BCUT2D eigenvalue weighted by atomic mass is 9.75. The number of ether oxygens (including phenoxy) is 2. The monoisotopic (exact) mass is 342 g/mol. The Hall–Kier alpha value is -2.14. The number of epoxide rings is 1. The summed E-state index contributed by atoms with van der Waals surface area (Å²) in [7, 11) is 0. The maximum absolute atomic E-state index is 12.7. The fourth-order valence-electron chi connectivity index (χ4n) is 3.92. The van der Waals surface area contributed by atoms with Gasteiger partial charge in [0.1, 0.15) is 23.5 Å². The molecule has 1 aromatic carbocycles. The SMILES string of the molecule is Cc1cccc2oc(=O)c3c(c12)O[C@H](C)[C@@]3(C)CC(=O)[C@@H]1OC1(C)C. The van der Waals surface area contributed by atoms with Crippen molar-refractivity contribution in [2.24, 2.45) is 0 Å². The predicted octanol–water partition coefficient (Wildman–Crippen LogP) is 3.28. The first-order valence-corrected chi connectivity index (χ1v) is 8.59. The van der Waals surface area contributed by atoms with Gasteiger partial charge in [-0.05, 0) is 39.3 Å². The molecule has 0 N–H and O–H groups in total. The van der Waals surface area contributed by atoms with E-state index in [1.54, 1.807) is 6.07 Å². The molecular weight excluding hydrogens is 320 g/mol. The molecule has 1 saturated heterocycles. The van der Waals surface area contributed by atoms with Crippen molar-refractivity contribution in [1.29, 1.82) is 0 Å². The van der Waals surface area contributed by atoms with Crippen molar-refractivity contribution in [2.45, 2.75) is 64.3 Å². The molecule has 0 saturated carbocycles. The zero-order chi connectivity index (χ0) is 18.1. The largest absolute Gasteiger partial charge is 0.488 e. The first-order chi connectivity index (χ1) is 11.6. The Kier molecular flexibility index (Phi) is 3.23. The van der Waals surface area contributed by atoms with Gasteiger partial charge < -0.3 is 13.9 Å². The van der Waals surface area contributed by atoms with Crippen molar-refractivity contribution >= 4 is 16.8 Å². The van der Waals surface area contributed by atoms with Crippen LogP contribution in [0.25, 0.3) is 11.0 Å². The molecule has 5 nitrogen and oxygen atoms in total. The molecule has 25 heavy (non-hydrogen) atoms. The first-order valence-electron chi connectivity index (χ1n) is 8.59.